The van der Waals surface area contributed by atoms with Crippen LogP contribution in [0.2, 0.25) is 0 Å². The summed E-state index contributed by atoms with van der Waals surface area (Å²) in [6.07, 6.45) is -0.978. The molecule has 1 N–H and O–H groups in total. The van der Waals surface area contributed by atoms with E-state index < -0.39 is 18.0 Å². The minimum Gasteiger partial charge on any atom is -0.482 e. The molecule has 128 valence electrons. The van der Waals surface area contributed by atoms with Crippen LogP contribution in [0.3, 0.4) is 0 Å². The van der Waals surface area contributed by atoms with E-state index in [9.17, 15) is 9.59 Å². The lowest BCUT2D eigenvalue weighted by atomic mass is 10.2. The molecule has 0 aromatic heterocycles. The van der Waals surface area contributed by atoms with Gasteiger partial charge in [-0.1, -0.05) is 22.0 Å². The Hall–Kier alpha value is -2.85. The minimum atomic E-state index is -0.978. The molecule has 0 unspecified atom stereocenters. The van der Waals surface area contributed by atoms with Gasteiger partial charge in [-0.25, -0.2) is 4.79 Å². The van der Waals surface area contributed by atoms with Crippen molar-refractivity contribution in [2.45, 2.75) is 13.0 Å². The van der Waals surface area contributed by atoms with Crippen LogP contribution in [0.1, 0.15) is 12.5 Å². The van der Waals surface area contributed by atoms with E-state index in [1.807, 2.05) is 12.1 Å². The summed E-state index contributed by atoms with van der Waals surface area (Å²) in [5.74, 6) is -0.607. The number of esters is 1. The number of carbonyl (C=O) groups excluding carboxylic acids is 2. The van der Waals surface area contributed by atoms with E-state index >= 15 is 0 Å². The van der Waals surface area contributed by atoms with Crippen molar-refractivity contribution in [3.63, 3.8) is 0 Å². The second-order valence-electron chi connectivity index (χ2n) is 5.06. The third-order valence-electron chi connectivity index (χ3n) is 3.11. The lowest BCUT2D eigenvalue weighted by Crippen LogP contribution is -2.31. The molecule has 0 fully saturated rings. The van der Waals surface area contributed by atoms with Crippen molar-refractivity contribution < 1.29 is 19.1 Å². The van der Waals surface area contributed by atoms with Gasteiger partial charge in [-0.05, 0) is 49.4 Å². The molecule has 1 atom stereocenters. The van der Waals surface area contributed by atoms with Crippen molar-refractivity contribution >= 4 is 33.5 Å². The number of rotatable bonds is 6. The fourth-order valence-corrected chi connectivity index (χ4v) is 2.23. The van der Waals surface area contributed by atoms with Gasteiger partial charge in [-0.2, -0.15) is 5.26 Å². The third kappa shape index (κ3) is 5.94. The maximum Gasteiger partial charge on any atom is 0.344 e. The molecule has 0 aliphatic carbocycles. The summed E-state index contributed by atoms with van der Waals surface area (Å²) in [5, 5.41) is 11.3. The van der Waals surface area contributed by atoms with Crippen LogP contribution in [0.25, 0.3) is 0 Å². The van der Waals surface area contributed by atoms with Crippen LogP contribution in [0.4, 0.5) is 5.69 Å². The van der Waals surface area contributed by atoms with Crippen molar-refractivity contribution in [1.29, 1.82) is 5.26 Å². The van der Waals surface area contributed by atoms with Crippen LogP contribution in [0.5, 0.6) is 5.75 Å². The summed E-state index contributed by atoms with van der Waals surface area (Å²) in [7, 11) is 0. The lowest BCUT2D eigenvalue weighted by Gasteiger charge is -2.14. The zero-order valence-corrected chi connectivity index (χ0v) is 14.9. The summed E-state index contributed by atoms with van der Waals surface area (Å²) in [6, 6.07) is 15.4. The number of amides is 1. The van der Waals surface area contributed by atoms with Gasteiger partial charge in [0.2, 0.25) is 0 Å². The number of hydrogen-bond acceptors (Lipinski definition) is 5. The molecule has 0 spiro atoms. The number of benzene rings is 2. The van der Waals surface area contributed by atoms with E-state index in [0.29, 0.717) is 17.0 Å². The Balaban J connectivity index is 1.81. The summed E-state index contributed by atoms with van der Waals surface area (Å²) in [4.78, 5) is 23.8. The molecular formula is C18H15BrN2O4. The average Bonchev–Trinajstić information content (AvgIpc) is 2.60. The molecule has 0 radical (unpaired) electrons. The number of nitrogens with one attached hydrogen (secondary N) is 1. The molecule has 25 heavy (non-hydrogen) atoms. The lowest BCUT2D eigenvalue weighted by molar-refractivity contribution is -0.155. The van der Waals surface area contributed by atoms with Crippen LogP contribution in [0.15, 0.2) is 53.0 Å². The number of carbonyl (C=O) groups is 2. The highest BCUT2D eigenvalue weighted by Gasteiger charge is 2.18. The number of anilines is 1. The van der Waals surface area contributed by atoms with Gasteiger partial charge >= 0.3 is 5.97 Å². The van der Waals surface area contributed by atoms with Gasteiger partial charge in [0.25, 0.3) is 5.91 Å². The SMILES string of the molecule is C[C@@H](OC(=O)COc1cccc(Br)c1)C(=O)Nc1ccc(C#N)cc1. The summed E-state index contributed by atoms with van der Waals surface area (Å²) in [5.41, 5.74) is 0.999. The van der Waals surface area contributed by atoms with Gasteiger partial charge < -0.3 is 14.8 Å². The van der Waals surface area contributed by atoms with E-state index in [0.717, 1.165) is 4.47 Å². The van der Waals surface area contributed by atoms with Gasteiger partial charge in [0.05, 0.1) is 11.6 Å². The Kier molecular flexibility index (Phi) is 6.54. The molecule has 0 aliphatic heterocycles. The zero-order valence-electron chi connectivity index (χ0n) is 13.4. The molecule has 0 saturated carbocycles. The smallest absolute Gasteiger partial charge is 0.344 e. The Morgan fingerprint density at radius 2 is 1.96 bits per heavy atom. The molecule has 2 aromatic carbocycles. The number of ether oxygens (including phenoxy) is 2. The average molecular weight is 403 g/mol. The van der Waals surface area contributed by atoms with Crippen molar-refractivity contribution in [2.75, 3.05) is 11.9 Å². The third-order valence-corrected chi connectivity index (χ3v) is 3.61. The van der Waals surface area contributed by atoms with Crippen LogP contribution in [-0.4, -0.2) is 24.6 Å². The molecule has 0 saturated heterocycles. The standard InChI is InChI=1S/C18H15BrN2O4/c1-12(18(23)21-15-7-5-13(10-20)6-8-15)25-17(22)11-24-16-4-2-3-14(19)9-16/h2-9,12H,11H2,1H3,(H,21,23)/t12-/m1/s1. The molecule has 0 aliphatic rings. The maximum absolute atomic E-state index is 12.0. The molecule has 6 nitrogen and oxygen atoms in total. The van der Waals surface area contributed by atoms with E-state index in [1.54, 1.807) is 42.5 Å². The molecule has 0 heterocycles. The predicted octanol–water partition coefficient (Wildman–Crippen LogP) is 3.27. The van der Waals surface area contributed by atoms with Gasteiger partial charge in [0, 0.05) is 10.2 Å². The molecule has 2 rings (SSSR count). The highest BCUT2D eigenvalue weighted by molar-refractivity contribution is 9.10. The first kappa shape index (κ1) is 18.5. The highest BCUT2D eigenvalue weighted by Crippen LogP contribution is 2.17. The largest absolute Gasteiger partial charge is 0.482 e. The first-order valence-corrected chi connectivity index (χ1v) is 8.16. The Bertz CT molecular complexity index is 799. The normalized spacial score (nSPS) is 11.1. The van der Waals surface area contributed by atoms with Gasteiger partial charge in [-0.3, -0.25) is 4.79 Å². The number of nitriles is 1. The van der Waals surface area contributed by atoms with Crippen LogP contribution < -0.4 is 10.1 Å². The highest BCUT2D eigenvalue weighted by atomic mass is 79.9. The first-order valence-electron chi connectivity index (χ1n) is 7.37. The second kappa shape index (κ2) is 8.85. The minimum absolute atomic E-state index is 0.301. The predicted molar refractivity (Wildman–Crippen MR) is 95.0 cm³/mol. The van der Waals surface area contributed by atoms with Crippen molar-refractivity contribution in [3.05, 3.63) is 58.6 Å². The topological polar surface area (TPSA) is 88.4 Å². The number of hydrogen-bond donors (Lipinski definition) is 1. The fraction of sp³-hybridized carbons (Fsp3) is 0.167. The Morgan fingerprint density at radius 3 is 2.60 bits per heavy atom. The van der Waals surface area contributed by atoms with Gasteiger partial charge in [-0.15, -0.1) is 0 Å². The Morgan fingerprint density at radius 1 is 1.24 bits per heavy atom. The molecular weight excluding hydrogens is 388 g/mol. The molecule has 0 bridgehead atoms. The van der Waals surface area contributed by atoms with E-state index in [1.165, 1.54) is 6.92 Å². The van der Waals surface area contributed by atoms with E-state index in [-0.39, 0.29) is 6.61 Å². The van der Waals surface area contributed by atoms with Crippen molar-refractivity contribution in [1.82, 2.24) is 0 Å². The quantitative estimate of drug-likeness (QED) is 0.748. The second-order valence-corrected chi connectivity index (χ2v) is 5.97. The van der Waals surface area contributed by atoms with Crippen LogP contribution >= 0.6 is 15.9 Å². The molecule has 2 aromatic rings. The van der Waals surface area contributed by atoms with E-state index in [4.69, 9.17) is 14.7 Å². The first-order chi connectivity index (χ1) is 12.0. The summed E-state index contributed by atoms with van der Waals surface area (Å²) in [6.45, 7) is 1.17. The van der Waals surface area contributed by atoms with Crippen LogP contribution in [0, 0.1) is 11.3 Å². The monoisotopic (exact) mass is 402 g/mol. The molecule has 7 heteroatoms. The van der Waals surface area contributed by atoms with Crippen molar-refractivity contribution in [2.24, 2.45) is 0 Å². The fourth-order valence-electron chi connectivity index (χ4n) is 1.86. The number of halogens is 1. The van der Waals surface area contributed by atoms with Gasteiger partial charge in [0.15, 0.2) is 12.7 Å². The number of nitrogens with zero attached hydrogens (tertiary/aromatic N) is 1. The van der Waals surface area contributed by atoms with Crippen LogP contribution in [-0.2, 0) is 14.3 Å². The Labute approximate surface area is 153 Å². The van der Waals surface area contributed by atoms with Crippen molar-refractivity contribution in [3.8, 4) is 11.8 Å². The maximum atomic E-state index is 12.0. The summed E-state index contributed by atoms with van der Waals surface area (Å²) < 4.78 is 11.2. The van der Waals surface area contributed by atoms with Gasteiger partial charge in [0.1, 0.15) is 5.75 Å². The van der Waals surface area contributed by atoms with E-state index in [2.05, 4.69) is 21.2 Å². The zero-order chi connectivity index (χ0) is 18.2. The summed E-state index contributed by atoms with van der Waals surface area (Å²) >= 11 is 3.30. The molecule has 1 amide bonds.